The van der Waals surface area contributed by atoms with Crippen molar-refractivity contribution in [3.8, 4) is 10.6 Å². The first kappa shape index (κ1) is 18.6. The lowest BCUT2D eigenvalue weighted by Crippen LogP contribution is -2.44. The van der Waals surface area contributed by atoms with E-state index < -0.39 is 5.97 Å². The largest absolute Gasteiger partial charge is 0.451 e. The van der Waals surface area contributed by atoms with E-state index in [1.54, 1.807) is 10.3 Å². The van der Waals surface area contributed by atoms with Crippen LogP contribution in [0.4, 0.5) is 0 Å². The third kappa shape index (κ3) is 4.30. The summed E-state index contributed by atoms with van der Waals surface area (Å²) in [5.74, 6) is -0.674. The SMILES string of the molecule is CCc1ccc(-c2nc(C(=O)OCC(=O)N3CCCC[C@@H]3C)cs2)cc1. The van der Waals surface area contributed by atoms with E-state index in [9.17, 15) is 9.59 Å². The minimum absolute atomic E-state index is 0.129. The molecule has 1 aromatic heterocycles. The van der Waals surface area contributed by atoms with Crippen LogP contribution in [0.25, 0.3) is 10.6 Å². The van der Waals surface area contributed by atoms with Crippen molar-refractivity contribution in [2.75, 3.05) is 13.2 Å². The second-order valence-corrected chi connectivity index (χ2v) is 7.45. The Morgan fingerprint density at radius 3 is 2.73 bits per heavy atom. The van der Waals surface area contributed by atoms with E-state index in [-0.39, 0.29) is 24.2 Å². The van der Waals surface area contributed by atoms with Gasteiger partial charge in [-0.2, -0.15) is 0 Å². The molecular formula is C20H24N2O3S. The van der Waals surface area contributed by atoms with Crippen molar-refractivity contribution >= 4 is 23.2 Å². The fraction of sp³-hybridized carbons (Fsp3) is 0.450. The maximum absolute atomic E-state index is 12.3. The molecule has 26 heavy (non-hydrogen) atoms. The van der Waals surface area contributed by atoms with Gasteiger partial charge in [-0.3, -0.25) is 4.79 Å². The third-order valence-corrected chi connectivity index (χ3v) is 5.66. The van der Waals surface area contributed by atoms with Gasteiger partial charge in [0.05, 0.1) is 0 Å². The van der Waals surface area contributed by atoms with Crippen molar-refractivity contribution in [1.29, 1.82) is 0 Å². The van der Waals surface area contributed by atoms with Gasteiger partial charge in [0.2, 0.25) is 0 Å². The Bertz CT molecular complexity index is 770. The number of hydrogen-bond donors (Lipinski definition) is 0. The first-order valence-corrected chi connectivity index (χ1v) is 9.98. The van der Waals surface area contributed by atoms with Crippen LogP contribution in [0.5, 0.6) is 0 Å². The fourth-order valence-electron chi connectivity index (χ4n) is 3.14. The van der Waals surface area contributed by atoms with Crippen molar-refractivity contribution in [2.24, 2.45) is 0 Å². The predicted molar refractivity (Wildman–Crippen MR) is 102 cm³/mol. The van der Waals surface area contributed by atoms with Gasteiger partial charge in [0, 0.05) is 23.5 Å². The molecule has 1 aromatic carbocycles. The average Bonchev–Trinajstić information content (AvgIpc) is 3.16. The summed E-state index contributed by atoms with van der Waals surface area (Å²) in [4.78, 5) is 30.6. The van der Waals surface area contributed by atoms with Gasteiger partial charge < -0.3 is 9.64 Å². The van der Waals surface area contributed by atoms with Crippen LogP contribution in [0, 0.1) is 0 Å². The third-order valence-electron chi connectivity index (χ3n) is 4.77. The van der Waals surface area contributed by atoms with E-state index in [1.165, 1.54) is 16.9 Å². The molecule has 6 heteroatoms. The molecule has 0 radical (unpaired) electrons. The molecule has 0 aliphatic carbocycles. The lowest BCUT2D eigenvalue weighted by atomic mass is 10.0. The second kappa shape index (κ2) is 8.45. The summed E-state index contributed by atoms with van der Waals surface area (Å²) in [5, 5.41) is 2.45. The molecule has 0 spiro atoms. The Morgan fingerprint density at radius 1 is 1.27 bits per heavy atom. The van der Waals surface area contributed by atoms with Crippen LogP contribution in [0.1, 0.15) is 49.2 Å². The van der Waals surface area contributed by atoms with Crippen LogP contribution < -0.4 is 0 Å². The lowest BCUT2D eigenvalue weighted by molar-refractivity contribution is -0.137. The van der Waals surface area contributed by atoms with Crippen LogP contribution in [0.15, 0.2) is 29.6 Å². The number of thiazole rings is 1. The second-order valence-electron chi connectivity index (χ2n) is 6.60. The molecule has 0 unspecified atom stereocenters. The quantitative estimate of drug-likeness (QED) is 0.746. The Morgan fingerprint density at radius 2 is 2.04 bits per heavy atom. The zero-order valence-corrected chi connectivity index (χ0v) is 16.1. The number of aromatic nitrogens is 1. The van der Waals surface area contributed by atoms with Crippen LogP contribution in [-0.2, 0) is 16.0 Å². The van der Waals surface area contributed by atoms with Crippen LogP contribution in [0.3, 0.4) is 0 Å². The number of piperidine rings is 1. The minimum Gasteiger partial charge on any atom is -0.451 e. The summed E-state index contributed by atoms with van der Waals surface area (Å²) in [5.41, 5.74) is 2.49. The molecule has 0 N–H and O–H groups in total. The lowest BCUT2D eigenvalue weighted by Gasteiger charge is -2.33. The van der Waals surface area contributed by atoms with E-state index in [4.69, 9.17) is 4.74 Å². The van der Waals surface area contributed by atoms with E-state index in [1.807, 2.05) is 19.1 Å². The van der Waals surface area contributed by atoms with Crippen molar-refractivity contribution < 1.29 is 14.3 Å². The zero-order valence-electron chi connectivity index (χ0n) is 15.2. The van der Waals surface area contributed by atoms with Gasteiger partial charge in [-0.05, 0) is 38.2 Å². The number of ether oxygens (including phenoxy) is 1. The number of hydrogen-bond acceptors (Lipinski definition) is 5. The molecular weight excluding hydrogens is 348 g/mol. The van der Waals surface area contributed by atoms with E-state index in [2.05, 4.69) is 24.0 Å². The van der Waals surface area contributed by atoms with Gasteiger partial charge in [0.15, 0.2) is 12.3 Å². The average molecular weight is 372 g/mol. The fourth-order valence-corrected chi connectivity index (χ4v) is 3.93. The number of nitrogens with zero attached hydrogens (tertiary/aromatic N) is 2. The van der Waals surface area contributed by atoms with Gasteiger partial charge in [-0.1, -0.05) is 31.2 Å². The molecule has 1 aliphatic rings. The summed E-state index contributed by atoms with van der Waals surface area (Å²) in [6.07, 6.45) is 4.15. The number of esters is 1. The van der Waals surface area contributed by atoms with Gasteiger partial charge in [0.25, 0.3) is 5.91 Å². The normalized spacial score (nSPS) is 17.2. The Labute approximate surface area is 158 Å². The van der Waals surface area contributed by atoms with E-state index in [0.29, 0.717) is 0 Å². The molecule has 2 heterocycles. The van der Waals surface area contributed by atoms with Crippen molar-refractivity contribution in [3.05, 3.63) is 40.9 Å². The number of amides is 1. The van der Waals surface area contributed by atoms with Crippen molar-refractivity contribution in [3.63, 3.8) is 0 Å². The molecule has 1 fully saturated rings. The topological polar surface area (TPSA) is 59.5 Å². The van der Waals surface area contributed by atoms with E-state index in [0.717, 1.165) is 42.8 Å². The summed E-state index contributed by atoms with van der Waals surface area (Å²) >= 11 is 1.40. The molecule has 1 aliphatic heterocycles. The number of likely N-dealkylation sites (tertiary alicyclic amines) is 1. The maximum Gasteiger partial charge on any atom is 0.358 e. The number of carbonyl (C=O) groups is 2. The highest BCUT2D eigenvalue weighted by atomic mass is 32.1. The van der Waals surface area contributed by atoms with Crippen LogP contribution in [-0.4, -0.2) is 41.0 Å². The number of benzene rings is 1. The number of aryl methyl sites for hydroxylation is 1. The molecule has 1 saturated heterocycles. The van der Waals surface area contributed by atoms with Crippen molar-refractivity contribution in [1.82, 2.24) is 9.88 Å². The Kier molecular flexibility index (Phi) is 6.04. The highest BCUT2D eigenvalue weighted by molar-refractivity contribution is 7.13. The zero-order chi connectivity index (χ0) is 18.5. The molecule has 138 valence electrons. The molecule has 3 rings (SSSR count). The number of carbonyl (C=O) groups excluding carboxylic acids is 2. The minimum atomic E-state index is -0.546. The summed E-state index contributed by atoms with van der Waals surface area (Å²) < 4.78 is 5.19. The maximum atomic E-state index is 12.3. The molecule has 2 aromatic rings. The predicted octanol–water partition coefficient (Wildman–Crippen LogP) is 3.93. The smallest absolute Gasteiger partial charge is 0.358 e. The first-order chi connectivity index (χ1) is 12.6. The van der Waals surface area contributed by atoms with E-state index >= 15 is 0 Å². The Hall–Kier alpha value is -2.21. The number of rotatable bonds is 5. The Balaban J connectivity index is 1.58. The van der Waals surface area contributed by atoms with Gasteiger partial charge in [-0.25, -0.2) is 9.78 Å². The van der Waals surface area contributed by atoms with Crippen LogP contribution in [0.2, 0.25) is 0 Å². The highest BCUT2D eigenvalue weighted by Gasteiger charge is 2.24. The van der Waals surface area contributed by atoms with Crippen molar-refractivity contribution in [2.45, 2.75) is 45.6 Å². The molecule has 0 bridgehead atoms. The monoisotopic (exact) mass is 372 g/mol. The van der Waals surface area contributed by atoms with Gasteiger partial charge in [-0.15, -0.1) is 11.3 Å². The molecule has 1 atom stereocenters. The summed E-state index contributed by atoms with van der Waals surface area (Å²) in [6, 6.07) is 8.36. The highest BCUT2D eigenvalue weighted by Crippen LogP contribution is 2.24. The molecule has 0 saturated carbocycles. The molecule has 1 amide bonds. The summed E-state index contributed by atoms with van der Waals surface area (Å²) in [6.45, 7) is 4.67. The summed E-state index contributed by atoms with van der Waals surface area (Å²) in [7, 11) is 0. The van der Waals surface area contributed by atoms with Gasteiger partial charge >= 0.3 is 5.97 Å². The first-order valence-electron chi connectivity index (χ1n) is 9.10. The molecule has 5 nitrogen and oxygen atoms in total. The standard InChI is InChI=1S/C20H24N2O3S/c1-3-15-7-9-16(10-8-15)19-21-17(13-26-19)20(24)25-12-18(23)22-11-5-4-6-14(22)2/h7-10,13-14H,3-6,11-12H2,1-2H3/t14-/m0/s1. The van der Waals surface area contributed by atoms with Gasteiger partial charge in [0.1, 0.15) is 5.01 Å². The van der Waals surface area contributed by atoms with Crippen LogP contribution >= 0.6 is 11.3 Å².